The normalized spacial score (nSPS) is 31.4. The number of hydrogen-bond acceptors (Lipinski definition) is 7. The van der Waals surface area contributed by atoms with E-state index in [2.05, 4.69) is 19.8 Å². The van der Waals surface area contributed by atoms with Gasteiger partial charge in [0.15, 0.2) is 0 Å². The Morgan fingerprint density at radius 3 is 3.00 bits per heavy atom. The number of carbonyl (C=O) groups is 1. The Hall–Kier alpha value is -1.89. The molecule has 1 saturated carbocycles. The van der Waals surface area contributed by atoms with E-state index in [-0.39, 0.29) is 24.0 Å². The van der Waals surface area contributed by atoms with Gasteiger partial charge in [-0.05, 0) is 31.6 Å². The summed E-state index contributed by atoms with van der Waals surface area (Å²) < 4.78 is 5.12. The predicted octanol–water partition coefficient (Wildman–Crippen LogP) is 1.22. The zero-order chi connectivity index (χ0) is 17.4. The van der Waals surface area contributed by atoms with Gasteiger partial charge in [0.25, 0.3) is 0 Å². The highest BCUT2D eigenvalue weighted by Gasteiger charge is 2.55. The van der Waals surface area contributed by atoms with Crippen LogP contribution in [0, 0.1) is 11.3 Å². The van der Waals surface area contributed by atoms with Crippen molar-refractivity contribution in [3.63, 3.8) is 0 Å². The molecule has 1 aromatic heterocycles. The molecule has 0 amide bonds. The minimum absolute atomic E-state index is 0.0772. The van der Waals surface area contributed by atoms with E-state index < -0.39 is 0 Å². The van der Waals surface area contributed by atoms with Crippen LogP contribution in [0.3, 0.4) is 0 Å². The van der Waals surface area contributed by atoms with Gasteiger partial charge >= 0.3 is 5.97 Å². The number of aliphatic hydroxyl groups excluding tert-OH is 1. The first-order chi connectivity index (χ1) is 12.2. The van der Waals surface area contributed by atoms with E-state index in [1.807, 2.05) is 6.07 Å². The molecule has 3 atom stereocenters. The minimum atomic E-state index is -0.374. The second-order valence-corrected chi connectivity index (χ2v) is 7.52. The van der Waals surface area contributed by atoms with Crippen molar-refractivity contribution < 1.29 is 14.6 Å². The van der Waals surface area contributed by atoms with Crippen LogP contribution >= 0.6 is 0 Å². The number of ether oxygens (including phenoxy) is 1. The van der Waals surface area contributed by atoms with E-state index >= 15 is 0 Å². The van der Waals surface area contributed by atoms with E-state index in [9.17, 15) is 9.90 Å². The third-order valence-corrected chi connectivity index (χ3v) is 6.31. The van der Waals surface area contributed by atoms with Gasteiger partial charge in [0, 0.05) is 25.7 Å². The van der Waals surface area contributed by atoms with Gasteiger partial charge in [0.2, 0.25) is 0 Å². The maximum Gasteiger partial charge on any atom is 0.313 e. The molecule has 136 valence electrons. The Morgan fingerprint density at radius 1 is 1.36 bits per heavy atom. The molecule has 3 heterocycles. The standard InChI is InChI=1S/C18H26N4O3/c1-25-17(24)18-6-2-4-13(18)9-21(11-18)15-8-16(20-12-19-15)22-7-3-5-14(22)10-23/h8,12-14,23H,2-7,9-11H2,1H3. The fourth-order valence-electron chi connectivity index (χ4n) is 5.00. The number of fused-ring (bicyclic) bond motifs is 1. The van der Waals surface area contributed by atoms with Crippen LogP contribution in [0.5, 0.6) is 0 Å². The third-order valence-electron chi connectivity index (χ3n) is 6.31. The maximum atomic E-state index is 12.4. The average Bonchev–Trinajstić information content (AvgIpc) is 3.34. The SMILES string of the molecule is COC(=O)C12CCCC1CN(c1cc(N3CCCC3CO)ncn1)C2. The van der Waals surface area contributed by atoms with E-state index in [0.29, 0.717) is 12.5 Å². The van der Waals surface area contributed by atoms with Gasteiger partial charge in [0.05, 0.1) is 25.2 Å². The summed E-state index contributed by atoms with van der Waals surface area (Å²) in [5, 5.41) is 9.56. The summed E-state index contributed by atoms with van der Waals surface area (Å²) in [5.41, 5.74) is -0.374. The molecule has 7 heteroatoms. The highest BCUT2D eigenvalue weighted by molar-refractivity contribution is 5.79. The number of esters is 1. The Morgan fingerprint density at radius 2 is 2.20 bits per heavy atom. The van der Waals surface area contributed by atoms with Gasteiger partial charge in [-0.3, -0.25) is 4.79 Å². The smallest absolute Gasteiger partial charge is 0.313 e. The molecule has 1 aromatic rings. The lowest BCUT2D eigenvalue weighted by Gasteiger charge is -2.27. The summed E-state index contributed by atoms with van der Waals surface area (Å²) in [4.78, 5) is 25.7. The molecule has 1 N–H and O–H groups in total. The Kier molecular flexibility index (Phi) is 4.27. The number of methoxy groups -OCH3 is 1. The van der Waals surface area contributed by atoms with Gasteiger partial charge in [-0.15, -0.1) is 0 Å². The molecule has 0 aromatic carbocycles. The van der Waals surface area contributed by atoms with Crippen LogP contribution in [0.1, 0.15) is 32.1 Å². The van der Waals surface area contributed by atoms with Crippen molar-refractivity contribution in [3.05, 3.63) is 12.4 Å². The molecule has 0 radical (unpaired) electrons. The Bertz CT molecular complexity index is 655. The largest absolute Gasteiger partial charge is 0.469 e. The van der Waals surface area contributed by atoms with Gasteiger partial charge in [-0.25, -0.2) is 9.97 Å². The first kappa shape index (κ1) is 16.6. The van der Waals surface area contributed by atoms with Gasteiger partial charge in [-0.1, -0.05) is 6.42 Å². The third kappa shape index (κ3) is 2.65. The lowest BCUT2D eigenvalue weighted by atomic mass is 9.81. The number of carbonyl (C=O) groups excluding carboxylic acids is 1. The summed E-state index contributed by atoms with van der Waals surface area (Å²) in [6, 6.07) is 2.14. The van der Waals surface area contributed by atoms with Crippen molar-refractivity contribution in [2.24, 2.45) is 11.3 Å². The molecule has 2 saturated heterocycles. The van der Waals surface area contributed by atoms with E-state index in [0.717, 1.165) is 56.8 Å². The van der Waals surface area contributed by atoms with Gasteiger partial charge < -0.3 is 19.6 Å². The zero-order valence-electron chi connectivity index (χ0n) is 14.7. The van der Waals surface area contributed by atoms with Crippen LogP contribution in [-0.4, -0.2) is 60.4 Å². The lowest BCUT2D eigenvalue weighted by Crippen LogP contribution is -2.37. The van der Waals surface area contributed by atoms with Crippen molar-refractivity contribution in [1.82, 2.24) is 9.97 Å². The van der Waals surface area contributed by atoms with Crippen molar-refractivity contribution >= 4 is 17.6 Å². The topological polar surface area (TPSA) is 78.8 Å². The fraction of sp³-hybridized carbons (Fsp3) is 0.722. The van der Waals surface area contributed by atoms with Crippen LogP contribution in [0.2, 0.25) is 0 Å². The second-order valence-electron chi connectivity index (χ2n) is 7.52. The average molecular weight is 346 g/mol. The first-order valence-electron chi connectivity index (χ1n) is 9.21. The summed E-state index contributed by atoms with van der Waals surface area (Å²) in [6.45, 7) is 2.58. The molecule has 3 aliphatic rings. The fourth-order valence-corrected chi connectivity index (χ4v) is 5.00. The van der Waals surface area contributed by atoms with Gasteiger partial charge in [-0.2, -0.15) is 0 Å². The highest BCUT2D eigenvalue weighted by atomic mass is 16.5. The quantitative estimate of drug-likeness (QED) is 0.821. The molecule has 7 nitrogen and oxygen atoms in total. The molecule has 3 fully saturated rings. The molecule has 3 unspecified atom stereocenters. The molecule has 4 rings (SSSR count). The molecule has 0 bridgehead atoms. The minimum Gasteiger partial charge on any atom is -0.469 e. The predicted molar refractivity (Wildman–Crippen MR) is 93.5 cm³/mol. The Balaban J connectivity index is 1.57. The molecule has 25 heavy (non-hydrogen) atoms. The second kappa shape index (κ2) is 6.44. The van der Waals surface area contributed by atoms with Crippen LogP contribution in [0.4, 0.5) is 11.6 Å². The van der Waals surface area contributed by atoms with Crippen LogP contribution in [-0.2, 0) is 9.53 Å². The van der Waals surface area contributed by atoms with Crippen molar-refractivity contribution in [1.29, 1.82) is 0 Å². The van der Waals surface area contributed by atoms with Gasteiger partial charge in [0.1, 0.15) is 18.0 Å². The number of rotatable bonds is 4. The number of aromatic nitrogens is 2. The molecule has 2 aliphatic heterocycles. The number of nitrogens with zero attached hydrogens (tertiary/aromatic N) is 4. The maximum absolute atomic E-state index is 12.4. The summed E-state index contributed by atoms with van der Waals surface area (Å²) in [5.74, 6) is 2.00. The van der Waals surface area contributed by atoms with Crippen molar-refractivity contribution in [2.45, 2.75) is 38.1 Å². The number of hydrogen-bond donors (Lipinski definition) is 1. The lowest BCUT2D eigenvalue weighted by molar-refractivity contribution is -0.152. The summed E-state index contributed by atoms with van der Waals surface area (Å²) >= 11 is 0. The highest BCUT2D eigenvalue weighted by Crippen LogP contribution is 2.50. The van der Waals surface area contributed by atoms with Crippen LogP contribution in [0.25, 0.3) is 0 Å². The van der Waals surface area contributed by atoms with E-state index in [1.54, 1.807) is 6.33 Å². The Labute approximate surface area is 148 Å². The molecular formula is C18H26N4O3. The van der Waals surface area contributed by atoms with Crippen LogP contribution < -0.4 is 9.80 Å². The van der Waals surface area contributed by atoms with Crippen molar-refractivity contribution in [3.8, 4) is 0 Å². The van der Waals surface area contributed by atoms with Crippen LogP contribution in [0.15, 0.2) is 12.4 Å². The van der Waals surface area contributed by atoms with E-state index in [1.165, 1.54) is 7.11 Å². The summed E-state index contributed by atoms with van der Waals surface area (Å²) in [7, 11) is 1.49. The van der Waals surface area contributed by atoms with Crippen molar-refractivity contribution in [2.75, 3.05) is 43.2 Å². The molecule has 0 spiro atoms. The van der Waals surface area contributed by atoms with E-state index in [4.69, 9.17) is 4.74 Å². The zero-order valence-corrected chi connectivity index (χ0v) is 14.7. The summed E-state index contributed by atoms with van der Waals surface area (Å²) in [6.07, 6.45) is 6.72. The molecule has 1 aliphatic carbocycles. The molecular weight excluding hydrogens is 320 g/mol. The first-order valence-corrected chi connectivity index (χ1v) is 9.21. The number of aliphatic hydroxyl groups is 1. The monoisotopic (exact) mass is 346 g/mol. The number of anilines is 2.